The average molecular weight is 250 g/mol. The highest BCUT2D eigenvalue weighted by Crippen LogP contribution is 2.11. The van der Waals surface area contributed by atoms with Crippen molar-refractivity contribution in [2.75, 3.05) is 11.1 Å². The minimum Gasteiger partial charge on any atom is -0.461 e. The van der Waals surface area contributed by atoms with Gasteiger partial charge in [-0.15, -0.1) is 0 Å². The summed E-state index contributed by atoms with van der Waals surface area (Å²) in [6.45, 7) is 4.19. The summed E-state index contributed by atoms with van der Waals surface area (Å²) in [6.07, 6.45) is 1.46. The highest BCUT2D eigenvalue weighted by molar-refractivity contribution is 5.32. The quantitative estimate of drug-likeness (QED) is 0.802. The Morgan fingerprint density at radius 2 is 2.22 bits per heavy atom. The van der Waals surface area contributed by atoms with Crippen LogP contribution in [0.1, 0.15) is 19.5 Å². The molecule has 3 N–H and O–H groups in total. The van der Waals surface area contributed by atoms with Gasteiger partial charge in [-0.1, -0.05) is 5.16 Å². The summed E-state index contributed by atoms with van der Waals surface area (Å²) < 4.78 is 10.1. The van der Waals surface area contributed by atoms with Gasteiger partial charge in [-0.05, 0) is 13.8 Å². The Hall–Kier alpha value is -2.38. The first-order valence-electron chi connectivity index (χ1n) is 5.45. The Balaban J connectivity index is 2.05. The predicted molar refractivity (Wildman–Crippen MR) is 63.8 cm³/mol. The fourth-order valence-corrected chi connectivity index (χ4v) is 1.21. The monoisotopic (exact) mass is 250 g/mol. The van der Waals surface area contributed by atoms with Crippen LogP contribution in [0.5, 0.6) is 6.01 Å². The zero-order chi connectivity index (χ0) is 13.0. The summed E-state index contributed by atoms with van der Waals surface area (Å²) in [7, 11) is 0. The summed E-state index contributed by atoms with van der Waals surface area (Å²) in [5, 5.41) is 6.71. The molecule has 0 atom stereocenters. The number of anilines is 2. The van der Waals surface area contributed by atoms with E-state index in [1.165, 1.54) is 6.26 Å². The smallest absolute Gasteiger partial charge is 0.323 e. The number of hydrogen-bond acceptors (Lipinski definition) is 8. The van der Waals surface area contributed by atoms with E-state index in [9.17, 15) is 0 Å². The zero-order valence-electron chi connectivity index (χ0n) is 10.1. The molecule has 96 valence electrons. The second kappa shape index (κ2) is 5.30. The number of aromatic nitrogens is 4. The molecule has 0 aromatic carbocycles. The maximum absolute atomic E-state index is 5.57. The van der Waals surface area contributed by atoms with E-state index in [2.05, 4.69) is 25.4 Å². The highest BCUT2D eigenvalue weighted by atomic mass is 16.5. The van der Waals surface area contributed by atoms with Crippen molar-refractivity contribution in [3.63, 3.8) is 0 Å². The molecule has 0 aliphatic rings. The fourth-order valence-electron chi connectivity index (χ4n) is 1.21. The second-order valence-corrected chi connectivity index (χ2v) is 3.81. The first kappa shape index (κ1) is 12.1. The van der Waals surface area contributed by atoms with E-state index in [4.69, 9.17) is 15.0 Å². The zero-order valence-corrected chi connectivity index (χ0v) is 10.1. The molecule has 0 radical (unpaired) electrons. The SMILES string of the molecule is CC(C)Oc1nc(N)nc(NCc2ccon2)n1. The third-order valence-electron chi connectivity index (χ3n) is 1.89. The van der Waals surface area contributed by atoms with Crippen molar-refractivity contribution in [1.82, 2.24) is 20.1 Å². The molecule has 0 spiro atoms. The van der Waals surface area contributed by atoms with Crippen molar-refractivity contribution < 1.29 is 9.26 Å². The van der Waals surface area contributed by atoms with E-state index in [0.29, 0.717) is 12.5 Å². The standard InChI is InChI=1S/C10H14N6O2/c1-6(2)18-10-14-8(11)13-9(15-10)12-5-7-3-4-17-16-7/h3-4,6H,5H2,1-2H3,(H3,11,12,13,14,15). The van der Waals surface area contributed by atoms with E-state index in [1.807, 2.05) is 13.8 Å². The molecule has 0 saturated carbocycles. The topological polar surface area (TPSA) is 112 Å². The van der Waals surface area contributed by atoms with Crippen LogP contribution in [-0.2, 0) is 6.54 Å². The molecule has 2 aromatic heterocycles. The van der Waals surface area contributed by atoms with Gasteiger partial charge in [0.2, 0.25) is 11.9 Å². The Labute approximate surface area is 104 Å². The molecule has 0 fully saturated rings. The number of rotatable bonds is 5. The van der Waals surface area contributed by atoms with Crippen LogP contribution in [0, 0.1) is 0 Å². The number of nitrogens with one attached hydrogen (secondary N) is 1. The molecule has 0 amide bonds. The van der Waals surface area contributed by atoms with Crippen LogP contribution in [0.2, 0.25) is 0 Å². The van der Waals surface area contributed by atoms with E-state index >= 15 is 0 Å². The first-order valence-corrected chi connectivity index (χ1v) is 5.45. The second-order valence-electron chi connectivity index (χ2n) is 3.81. The van der Waals surface area contributed by atoms with E-state index in [0.717, 1.165) is 5.69 Å². The van der Waals surface area contributed by atoms with Gasteiger partial charge in [-0.2, -0.15) is 15.0 Å². The largest absolute Gasteiger partial charge is 0.461 e. The lowest BCUT2D eigenvalue weighted by Crippen LogP contribution is -2.13. The van der Waals surface area contributed by atoms with Gasteiger partial charge < -0.3 is 20.3 Å². The minimum atomic E-state index is -0.0322. The molecule has 18 heavy (non-hydrogen) atoms. The number of hydrogen-bond donors (Lipinski definition) is 2. The van der Waals surface area contributed by atoms with Crippen molar-refractivity contribution in [2.45, 2.75) is 26.5 Å². The molecule has 0 aliphatic heterocycles. The molecular weight excluding hydrogens is 236 g/mol. The third-order valence-corrected chi connectivity index (χ3v) is 1.89. The van der Waals surface area contributed by atoms with Gasteiger partial charge in [0.25, 0.3) is 0 Å². The molecule has 0 saturated heterocycles. The van der Waals surface area contributed by atoms with Crippen LogP contribution in [0.15, 0.2) is 16.9 Å². The van der Waals surface area contributed by atoms with E-state index in [-0.39, 0.29) is 18.1 Å². The Morgan fingerprint density at radius 3 is 2.89 bits per heavy atom. The fraction of sp³-hybridized carbons (Fsp3) is 0.400. The number of ether oxygens (including phenoxy) is 1. The third kappa shape index (κ3) is 3.30. The Bertz CT molecular complexity index is 499. The molecular formula is C10H14N6O2. The van der Waals surface area contributed by atoms with Gasteiger partial charge in [-0.3, -0.25) is 0 Å². The average Bonchev–Trinajstić information content (AvgIpc) is 2.77. The highest BCUT2D eigenvalue weighted by Gasteiger charge is 2.07. The summed E-state index contributed by atoms with van der Waals surface area (Å²) in [5.41, 5.74) is 6.30. The van der Waals surface area contributed by atoms with Gasteiger partial charge in [0.15, 0.2) is 0 Å². The first-order chi connectivity index (χ1) is 8.63. The van der Waals surface area contributed by atoms with E-state index in [1.54, 1.807) is 6.07 Å². The van der Waals surface area contributed by atoms with Crippen LogP contribution >= 0.6 is 0 Å². The van der Waals surface area contributed by atoms with Crippen LogP contribution < -0.4 is 15.8 Å². The van der Waals surface area contributed by atoms with Gasteiger partial charge in [-0.25, -0.2) is 0 Å². The predicted octanol–water partition coefficient (Wildman–Crippen LogP) is 0.841. The lowest BCUT2D eigenvalue weighted by Gasteiger charge is -2.09. The van der Waals surface area contributed by atoms with Crippen LogP contribution in [-0.4, -0.2) is 26.2 Å². The van der Waals surface area contributed by atoms with Gasteiger partial charge in [0.05, 0.1) is 12.6 Å². The summed E-state index contributed by atoms with van der Waals surface area (Å²) in [4.78, 5) is 11.9. The van der Waals surface area contributed by atoms with Crippen LogP contribution in [0.25, 0.3) is 0 Å². The van der Waals surface area contributed by atoms with Gasteiger partial charge >= 0.3 is 6.01 Å². The van der Waals surface area contributed by atoms with Gasteiger partial charge in [0, 0.05) is 6.07 Å². The van der Waals surface area contributed by atoms with E-state index < -0.39 is 0 Å². The normalized spacial score (nSPS) is 10.6. The maximum Gasteiger partial charge on any atom is 0.323 e. The maximum atomic E-state index is 5.57. The van der Waals surface area contributed by atoms with Crippen LogP contribution in [0.3, 0.4) is 0 Å². The number of nitrogen functional groups attached to an aromatic ring is 1. The molecule has 0 unspecified atom stereocenters. The molecule has 0 aliphatic carbocycles. The lowest BCUT2D eigenvalue weighted by atomic mass is 10.4. The molecule has 2 rings (SSSR count). The van der Waals surface area contributed by atoms with Crippen LogP contribution in [0.4, 0.5) is 11.9 Å². The lowest BCUT2D eigenvalue weighted by molar-refractivity contribution is 0.222. The Kier molecular flexibility index (Phi) is 3.56. The van der Waals surface area contributed by atoms with Crippen molar-refractivity contribution in [2.24, 2.45) is 0 Å². The van der Waals surface area contributed by atoms with Crippen molar-refractivity contribution in [1.29, 1.82) is 0 Å². The number of nitrogens with two attached hydrogens (primary N) is 1. The summed E-state index contributed by atoms with van der Waals surface area (Å²) >= 11 is 0. The summed E-state index contributed by atoms with van der Waals surface area (Å²) in [6, 6.07) is 1.93. The molecule has 8 nitrogen and oxygen atoms in total. The molecule has 0 bridgehead atoms. The van der Waals surface area contributed by atoms with Crippen molar-refractivity contribution in [3.8, 4) is 6.01 Å². The summed E-state index contributed by atoms with van der Waals surface area (Å²) in [5.74, 6) is 0.435. The van der Waals surface area contributed by atoms with Gasteiger partial charge in [0.1, 0.15) is 12.0 Å². The Morgan fingerprint density at radius 1 is 1.39 bits per heavy atom. The molecule has 2 aromatic rings. The number of nitrogens with zero attached hydrogens (tertiary/aromatic N) is 4. The van der Waals surface area contributed by atoms with Crippen molar-refractivity contribution >= 4 is 11.9 Å². The molecule has 8 heteroatoms. The minimum absolute atomic E-state index is 0.0322. The van der Waals surface area contributed by atoms with Crippen molar-refractivity contribution in [3.05, 3.63) is 18.0 Å². The molecule has 2 heterocycles.